The topological polar surface area (TPSA) is 115 Å². The number of rotatable bonds is 6. The number of alkyl halides is 3. The van der Waals surface area contributed by atoms with Gasteiger partial charge in [0.2, 0.25) is 6.35 Å². The summed E-state index contributed by atoms with van der Waals surface area (Å²) in [6.07, 6.45) is -4.55. The fourth-order valence-corrected chi connectivity index (χ4v) is 4.00. The monoisotopic (exact) mass is 515 g/mol. The first-order valence-corrected chi connectivity index (χ1v) is 10.9. The molecule has 0 bridgehead atoms. The molecule has 36 heavy (non-hydrogen) atoms. The molecule has 184 valence electrons. The molecular weight excluding hydrogens is 499 g/mol. The van der Waals surface area contributed by atoms with Crippen molar-refractivity contribution in [3.8, 4) is 11.5 Å². The van der Waals surface area contributed by atoms with Gasteiger partial charge < -0.3 is 25.5 Å². The number of H-pyrrole nitrogens is 2. The average molecular weight is 516 g/mol. The van der Waals surface area contributed by atoms with E-state index in [4.69, 9.17) is 16.3 Å². The molecule has 1 unspecified atom stereocenters. The zero-order valence-corrected chi connectivity index (χ0v) is 18.9. The zero-order valence-electron chi connectivity index (χ0n) is 18.2. The van der Waals surface area contributed by atoms with Crippen LogP contribution in [0, 0.1) is 0 Å². The van der Waals surface area contributed by atoms with Crippen molar-refractivity contribution in [2.45, 2.75) is 12.5 Å². The molecular formula is C24H17ClF3N5O3. The summed E-state index contributed by atoms with van der Waals surface area (Å²) in [5.74, 6) is 0.856. The van der Waals surface area contributed by atoms with Gasteiger partial charge in [-0.05, 0) is 30.3 Å². The van der Waals surface area contributed by atoms with E-state index >= 15 is 0 Å². The van der Waals surface area contributed by atoms with Crippen molar-refractivity contribution in [1.82, 2.24) is 15.0 Å². The van der Waals surface area contributed by atoms with Crippen LogP contribution in [0.15, 0.2) is 71.7 Å². The Hall–Kier alpha value is -4.22. The van der Waals surface area contributed by atoms with Crippen molar-refractivity contribution in [2.75, 3.05) is 10.6 Å². The summed E-state index contributed by atoms with van der Waals surface area (Å²) in [5, 5.41) is 16.8. The largest absolute Gasteiger partial charge is 0.454 e. The van der Waals surface area contributed by atoms with Crippen LogP contribution >= 0.6 is 11.6 Å². The second-order valence-corrected chi connectivity index (χ2v) is 8.16. The van der Waals surface area contributed by atoms with Gasteiger partial charge in [0, 0.05) is 34.4 Å². The molecule has 0 saturated heterocycles. The Morgan fingerprint density at radius 1 is 0.972 bits per heavy atom. The van der Waals surface area contributed by atoms with Crippen molar-refractivity contribution in [3.05, 3.63) is 87.9 Å². The second-order valence-electron chi connectivity index (χ2n) is 7.75. The van der Waals surface area contributed by atoms with E-state index in [9.17, 15) is 23.1 Å². The predicted molar refractivity (Wildman–Crippen MR) is 130 cm³/mol. The minimum atomic E-state index is -4.63. The second kappa shape index (κ2) is 9.10. The summed E-state index contributed by atoms with van der Waals surface area (Å²) in [4.78, 5) is 21.0. The van der Waals surface area contributed by atoms with Crippen LogP contribution in [0.1, 0.15) is 5.56 Å². The highest BCUT2D eigenvalue weighted by atomic mass is 35.5. The lowest BCUT2D eigenvalue weighted by atomic mass is 10.1. The standard InChI is InChI=1S/C24H17ClF3N5O3/c25-16-6-5-12(11-15(16)24(26,27)28)30-22(34)31-17-7-8-18(14-4-2-1-3-13(14)17)36-19-9-10-29-21-20(19)32-23(35)33-21/h1-11,22,30-31,34H,(H2,29,32,33,35). The van der Waals surface area contributed by atoms with E-state index < -0.39 is 28.8 Å². The molecule has 2 aromatic heterocycles. The molecule has 12 heteroatoms. The third kappa shape index (κ3) is 4.66. The molecule has 5 rings (SSSR count). The van der Waals surface area contributed by atoms with E-state index in [1.54, 1.807) is 36.4 Å². The molecule has 0 spiro atoms. The number of hydrogen-bond acceptors (Lipinski definition) is 6. The maximum atomic E-state index is 13.1. The van der Waals surface area contributed by atoms with E-state index in [1.807, 2.05) is 6.07 Å². The van der Waals surface area contributed by atoms with Crippen LogP contribution in [0.2, 0.25) is 5.02 Å². The maximum Gasteiger partial charge on any atom is 0.417 e. The number of nitrogens with one attached hydrogen (secondary N) is 4. The number of benzene rings is 3. The molecule has 0 fully saturated rings. The van der Waals surface area contributed by atoms with Crippen LogP contribution in [-0.4, -0.2) is 26.4 Å². The Morgan fingerprint density at radius 3 is 2.53 bits per heavy atom. The number of ether oxygens (including phenoxy) is 1. The number of fused-ring (bicyclic) bond motifs is 2. The quantitative estimate of drug-likeness (QED) is 0.186. The first kappa shape index (κ1) is 23.5. The summed E-state index contributed by atoms with van der Waals surface area (Å²) < 4.78 is 45.5. The number of hydrogen-bond donors (Lipinski definition) is 5. The third-order valence-electron chi connectivity index (χ3n) is 5.35. The van der Waals surface area contributed by atoms with Gasteiger partial charge in [-0.25, -0.2) is 9.78 Å². The summed E-state index contributed by atoms with van der Waals surface area (Å²) in [7, 11) is 0. The summed E-state index contributed by atoms with van der Waals surface area (Å²) in [5.41, 5.74) is -0.138. The van der Waals surface area contributed by atoms with Gasteiger partial charge in [0.1, 0.15) is 11.3 Å². The number of aromatic nitrogens is 3. The lowest BCUT2D eigenvalue weighted by Crippen LogP contribution is -2.28. The van der Waals surface area contributed by atoms with Crippen molar-refractivity contribution in [3.63, 3.8) is 0 Å². The Labute approximate surface area is 205 Å². The molecule has 1 atom stereocenters. The van der Waals surface area contributed by atoms with Crippen molar-refractivity contribution in [1.29, 1.82) is 0 Å². The Morgan fingerprint density at radius 2 is 1.75 bits per heavy atom. The molecule has 0 amide bonds. The number of halogens is 4. The lowest BCUT2D eigenvalue weighted by Gasteiger charge is -2.20. The van der Waals surface area contributed by atoms with Crippen molar-refractivity contribution >= 4 is 44.9 Å². The summed E-state index contributed by atoms with van der Waals surface area (Å²) in [6.45, 7) is 0. The van der Waals surface area contributed by atoms with Gasteiger partial charge in [0.05, 0.1) is 10.6 Å². The summed E-state index contributed by atoms with van der Waals surface area (Å²) in [6, 6.07) is 15.4. The number of imidazole rings is 1. The van der Waals surface area contributed by atoms with Gasteiger partial charge in [-0.2, -0.15) is 13.2 Å². The number of pyridine rings is 1. The summed E-state index contributed by atoms with van der Waals surface area (Å²) >= 11 is 5.66. The van der Waals surface area contributed by atoms with Crippen LogP contribution < -0.4 is 21.1 Å². The van der Waals surface area contributed by atoms with E-state index in [0.29, 0.717) is 39.1 Å². The smallest absolute Gasteiger partial charge is 0.417 e. The molecule has 0 aliphatic heterocycles. The highest BCUT2D eigenvalue weighted by Gasteiger charge is 2.33. The lowest BCUT2D eigenvalue weighted by molar-refractivity contribution is -0.137. The van der Waals surface area contributed by atoms with E-state index in [2.05, 4.69) is 25.6 Å². The molecule has 5 N–H and O–H groups in total. The fraction of sp³-hybridized carbons (Fsp3) is 0.0833. The first-order valence-electron chi connectivity index (χ1n) is 10.5. The molecule has 5 aromatic rings. The van der Waals surface area contributed by atoms with Crippen LogP contribution in [0.4, 0.5) is 24.5 Å². The van der Waals surface area contributed by atoms with E-state index in [1.165, 1.54) is 12.3 Å². The van der Waals surface area contributed by atoms with Crippen LogP contribution in [0.5, 0.6) is 11.5 Å². The SMILES string of the molecule is O=c1[nH]c2nccc(Oc3ccc(NC(O)Nc4ccc(Cl)c(C(F)(F)F)c4)c4ccccc34)c2[nH]1. The third-order valence-corrected chi connectivity index (χ3v) is 5.68. The zero-order chi connectivity index (χ0) is 25.4. The number of anilines is 2. The highest BCUT2D eigenvalue weighted by Crippen LogP contribution is 2.37. The Balaban J connectivity index is 1.42. The molecule has 2 heterocycles. The van der Waals surface area contributed by atoms with Crippen LogP contribution in [-0.2, 0) is 6.18 Å². The van der Waals surface area contributed by atoms with Crippen molar-refractivity contribution in [2.24, 2.45) is 0 Å². The maximum absolute atomic E-state index is 13.1. The number of aliphatic hydroxyl groups is 1. The van der Waals surface area contributed by atoms with Gasteiger partial charge in [0.25, 0.3) is 0 Å². The number of aromatic amines is 2. The predicted octanol–water partition coefficient (Wildman–Crippen LogP) is 5.67. The number of aliphatic hydroxyl groups excluding tert-OH is 1. The normalized spacial score (nSPS) is 12.6. The van der Waals surface area contributed by atoms with Crippen LogP contribution in [0.25, 0.3) is 21.9 Å². The fourth-order valence-electron chi connectivity index (χ4n) is 3.78. The van der Waals surface area contributed by atoms with Gasteiger partial charge >= 0.3 is 11.9 Å². The van der Waals surface area contributed by atoms with E-state index in [0.717, 1.165) is 12.1 Å². The Kier molecular flexibility index (Phi) is 5.94. The highest BCUT2D eigenvalue weighted by molar-refractivity contribution is 6.31. The van der Waals surface area contributed by atoms with Crippen molar-refractivity contribution < 1.29 is 23.0 Å². The molecule has 3 aromatic carbocycles. The molecule has 0 saturated carbocycles. The Bertz CT molecular complexity index is 1630. The molecule has 0 aliphatic carbocycles. The van der Waals surface area contributed by atoms with E-state index in [-0.39, 0.29) is 5.69 Å². The van der Waals surface area contributed by atoms with Gasteiger partial charge in [-0.3, -0.25) is 4.98 Å². The minimum absolute atomic E-state index is 0.0261. The van der Waals surface area contributed by atoms with Crippen LogP contribution in [0.3, 0.4) is 0 Å². The van der Waals surface area contributed by atoms with Gasteiger partial charge in [-0.15, -0.1) is 0 Å². The van der Waals surface area contributed by atoms with Gasteiger partial charge in [0.15, 0.2) is 11.4 Å². The van der Waals surface area contributed by atoms with Gasteiger partial charge in [-0.1, -0.05) is 35.9 Å². The average Bonchev–Trinajstić information content (AvgIpc) is 3.22. The minimum Gasteiger partial charge on any atom is -0.454 e. The first-order chi connectivity index (χ1) is 17.2. The molecule has 0 radical (unpaired) electrons. The molecule has 8 nitrogen and oxygen atoms in total. The molecule has 0 aliphatic rings. The number of nitrogens with zero attached hydrogens (tertiary/aromatic N) is 1.